The van der Waals surface area contributed by atoms with Crippen LogP contribution in [0, 0.1) is 11.3 Å². The van der Waals surface area contributed by atoms with Gasteiger partial charge in [0.1, 0.15) is 6.54 Å². The molecule has 0 fully saturated rings. The van der Waals surface area contributed by atoms with Gasteiger partial charge in [-0.1, -0.05) is 53.7 Å². The van der Waals surface area contributed by atoms with E-state index in [0.29, 0.717) is 34.8 Å². The summed E-state index contributed by atoms with van der Waals surface area (Å²) in [5.41, 5.74) is 1.47. The van der Waals surface area contributed by atoms with Gasteiger partial charge >= 0.3 is 0 Å². The van der Waals surface area contributed by atoms with E-state index in [4.69, 9.17) is 21.6 Å². The lowest BCUT2D eigenvalue weighted by Gasteiger charge is -2.19. The molecular formula is C22H22ClN5O2S. The molecule has 0 radical (unpaired) electrons. The zero-order chi connectivity index (χ0) is 22.1. The van der Waals surface area contributed by atoms with Gasteiger partial charge < -0.3 is 9.30 Å². The number of carbonyl (C=O) groups is 1. The van der Waals surface area contributed by atoms with Crippen LogP contribution in [0.5, 0.6) is 0 Å². The number of ether oxygens (including phenoxy) is 1. The Morgan fingerprint density at radius 3 is 2.65 bits per heavy atom. The minimum Gasteiger partial charge on any atom is -0.385 e. The number of nitrogens with zero attached hydrogens (tertiary/aromatic N) is 5. The van der Waals surface area contributed by atoms with Gasteiger partial charge in [0, 0.05) is 31.5 Å². The predicted octanol–water partition coefficient (Wildman–Crippen LogP) is 4.28. The van der Waals surface area contributed by atoms with Crippen molar-refractivity contribution < 1.29 is 9.53 Å². The summed E-state index contributed by atoms with van der Waals surface area (Å²) >= 11 is 7.66. The molecule has 0 N–H and O–H groups in total. The molecule has 1 amide bonds. The summed E-state index contributed by atoms with van der Waals surface area (Å²) in [5.74, 6) is 0.596. The summed E-state index contributed by atoms with van der Waals surface area (Å²) < 4.78 is 7.13. The van der Waals surface area contributed by atoms with Crippen molar-refractivity contribution in [2.75, 3.05) is 30.9 Å². The van der Waals surface area contributed by atoms with Crippen molar-refractivity contribution in [1.82, 2.24) is 14.8 Å². The van der Waals surface area contributed by atoms with Gasteiger partial charge in [-0.05, 0) is 30.7 Å². The van der Waals surface area contributed by atoms with Crippen molar-refractivity contribution in [1.29, 1.82) is 5.26 Å². The van der Waals surface area contributed by atoms with Crippen LogP contribution in [-0.4, -0.2) is 46.7 Å². The van der Waals surface area contributed by atoms with Crippen LogP contribution in [0.15, 0.2) is 59.8 Å². The fourth-order valence-corrected chi connectivity index (χ4v) is 4.07. The molecule has 0 atom stereocenters. The van der Waals surface area contributed by atoms with Crippen LogP contribution in [0.25, 0.3) is 11.4 Å². The van der Waals surface area contributed by atoms with Gasteiger partial charge in [-0.2, -0.15) is 5.26 Å². The molecule has 0 aliphatic heterocycles. The standard InChI is InChI=1S/C22H22ClN5O2S/c1-30-15-7-13-28-21(18-10-5-6-11-19(18)23)25-26-22(28)31-16-20(29)27(14-12-24)17-8-3-2-4-9-17/h2-6,8-11H,7,13-16H2,1H3. The first-order valence-corrected chi connectivity index (χ1v) is 11.0. The van der Waals surface area contributed by atoms with Crippen LogP contribution >= 0.6 is 23.4 Å². The number of thioether (sulfide) groups is 1. The highest BCUT2D eigenvalue weighted by atomic mass is 35.5. The largest absolute Gasteiger partial charge is 0.385 e. The predicted molar refractivity (Wildman–Crippen MR) is 122 cm³/mol. The topological polar surface area (TPSA) is 84.0 Å². The Morgan fingerprint density at radius 2 is 1.94 bits per heavy atom. The highest BCUT2D eigenvalue weighted by Gasteiger charge is 2.20. The lowest BCUT2D eigenvalue weighted by atomic mass is 10.2. The minimum atomic E-state index is -0.177. The van der Waals surface area contributed by atoms with E-state index in [1.807, 2.05) is 53.1 Å². The van der Waals surface area contributed by atoms with Gasteiger partial charge in [-0.25, -0.2) is 0 Å². The van der Waals surface area contributed by atoms with Crippen LogP contribution in [0.2, 0.25) is 5.02 Å². The Labute approximate surface area is 190 Å². The molecule has 0 aliphatic carbocycles. The van der Waals surface area contributed by atoms with Crippen molar-refractivity contribution in [3.05, 3.63) is 59.6 Å². The molecule has 31 heavy (non-hydrogen) atoms. The maximum absolute atomic E-state index is 12.9. The molecule has 0 bridgehead atoms. The molecule has 3 aromatic rings. The normalized spacial score (nSPS) is 10.6. The number of carbonyl (C=O) groups excluding carboxylic acids is 1. The van der Waals surface area contributed by atoms with E-state index in [0.717, 1.165) is 12.0 Å². The summed E-state index contributed by atoms with van der Waals surface area (Å²) in [4.78, 5) is 14.3. The van der Waals surface area contributed by atoms with Crippen LogP contribution in [0.4, 0.5) is 5.69 Å². The number of para-hydroxylation sites is 1. The molecule has 2 aromatic carbocycles. The summed E-state index contributed by atoms with van der Waals surface area (Å²) in [6, 6.07) is 18.7. The van der Waals surface area contributed by atoms with E-state index in [-0.39, 0.29) is 18.2 Å². The molecule has 0 saturated carbocycles. The van der Waals surface area contributed by atoms with Crippen molar-refractivity contribution in [3.63, 3.8) is 0 Å². The van der Waals surface area contributed by atoms with E-state index < -0.39 is 0 Å². The molecule has 0 saturated heterocycles. The van der Waals surface area contributed by atoms with Crippen molar-refractivity contribution in [3.8, 4) is 17.5 Å². The van der Waals surface area contributed by atoms with Crippen molar-refractivity contribution in [2.45, 2.75) is 18.1 Å². The van der Waals surface area contributed by atoms with Gasteiger partial charge in [-0.15, -0.1) is 10.2 Å². The summed E-state index contributed by atoms with van der Waals surface area (Å²) in [6.07, 6.45) is 0.762. The molecule has 0 spiro atoms. The number of nitriles is 1. The zero-order valence-corrected chi connectivity index (χ0v) is 18.6. The molecule has 1 aromatic heterocycles. The fourth-order valence-electron chi connectivity index (χ4n) is 3.01. The van der Waals surface area contributed by atoms with Gasteiger partial charge in [0.2, 0.25) is 5.91 Å². The second kappa shape index (κ2) is 11.5. The van der Waals surface area contributed by atoms with Crippen LogP contribution in [0.3, 0.4) is 0 Å². The van der Waals surface area contributed by atoms with Crippen molar-refractivity contribution in [2.24, 2.45) is 0 Å². The number of hydrogen-bond acceptors (Lipinski definition) is 6. The minimum absolute atomic E-state index is 0.0190. The maximum atomic E-state index is 12.9. The molecule has 160 valence electrons. The second-order valence-corrected chi connectivity index (χ2v) is 7.90. The smallest absolute Gasteiger partial charge is 0.238 e. The first kappa shape index (κ1) is 22.8. The van der Waals surface area contributed by atoms with Gasteiger partial charge in [0.05, 0.1) is 16.8 Å². The third-order valence-electron chi connectivity index (χ3n) is 4.48. The SMILES string of the molecule is COCCCn1c(SCC(=O)N(CC#N)c2ccccc2)nnc1-c1ccccc1Cl. The number of benzene rings is 2. The summed E-state index contributed by atoms with van der Waals surface area (Å²) in [6.45, 7) is 1.19. The Bertz CT molecular complexity index is 1050. The first-order chi connectivity index (χ1) is 15.2. The molecule has 9 heteroatoms. The molecule has 7 nitrogen and oxygen atoms in total. The van der Waals surface area contributed by atoms with E-state index in [9.17, 15) is 4.79 Å². The highest BCUT2D eigenvalue weighted by Crippen LogP contribution is 2.29. The lowest BCUT2D eigenvalue weighted by molar-refractivity contribution is -0.116. The van der Waals surface area contributed by atoms with E-state index in [2.05, 4.69) is 16.3 Å². The van der Waals surface area contributed by atoms with Crippen molar-refractivity contribution >= 4 is 35.0 Å². The van der Waals surface area contributed by atoms with E-state index in [1.54, 1.807) is 13.2 Å². The zero-order valence-electron chi connectivity index (χ0n) is 17.1. The third-order valence-corrected chi connectivity index (χ3v) is 5.77. The number of hydrogen-bond donors (Lipinski definition) is 0. The molecule has 3 rings (SSSR count). The third kappa shape index (κ3) is 5.85. The second-order valence-electron chi connectivity index (χ2n) is 6.55. The molecule has 0 unspecified atom stereocenters. The summed E-state index contributed by atoms with van der Waals surface area (Å²) in [5, 5.41) is 19.0. The number of aromatic nitrogens is 3. The average Bonchev–Trinajstić information content (AvgIpc) is 3.19. The Hall–Kier alpha value is -2.86. The van der Waals surface area contributed by atoms with Gasteiger partial charge in [0.25, 0.3) is 0 Å². The van der Waals surface area contributed by atoms with Gasteiger partial charge in [-0.3, -0.25) is 9.69 Å². The Kier molecular flexibility index (Phi) is 8.47. The Morgan fingerprint density at radius 1 is 1.19 bits per heavy atom. The average molecular weight is 456 g/mol. The van der Waals surface area contributed by atoms with E-state index >= 15 is 0 Å². The Balaban J connectivity index is 1.81. The monoisotopic (exact) mass is 455 g/mol. The lowest BCUT2D eigenvalue weighted by Crippen LogP contribution is -2.32. The van der Waals surface area contributed by atoms with E-state index in [1.165, 1.54) is 16.7 Å². The summed E-state index contributed by atoms with van der Waals surface area (Å²) in [7, 11) is 1.66. The molecule has 1 heterocycles. The van der Waals surface area contributed by atoms with Crippen LogP contribution in [-0.2, 0) is 16.1 Å². The first-order valence-electron chi connectivity index (χ1n) is 9.68. The maximum Gasteiger partial charge on any atom is 0.238 e. The molecule has 0 aliphatic rings. The highest BCUT2D eigenvalue weighted by molar-refractivity contribution is 7.99. The van der Waals surface area contributed by atoms with Crippen LogP contribution < -0.4 is 4.90 Å². The number of rotatable bonds is 10. The molecular weight excluding hydrogens is 434 g/mol. The quantitative estimate of drug-likeness (QED) is 0.257. The number of anilines is 1. The number of amides is 1. The van der Waals surface area contributed by atoms with Crippen LogP contribution in [0.1, 0.15) is 6.42 Å². The number of halogens is 1. The fraction of sp³-hybridized carbons (Fsp3) is 0.273. The van der Waals surface area contributed by atoms with Gasteiger partial charge in [0.15, 0.2) is 11.0 Å². The number of methoxy groups -OCH3 is 1.